The molecule has 150 valence electrons. The van der Waals surface area contributed by atoms with Crippen molar-refractivity contribution in [3.05, 3.63) is 40.3 Å². The fraction of sp³-hybridized carbons (Fsp3) is 0.727. The summed E-state index contributed by atoms with van der Waals surface area (Å²) in [4.78, 5) is 2.51. The molecule has 4 fully saturated rings. The van der Waals surface area contributed by atoms with Crippen molar-refractivity contribution in [2.45, 2.75) is 56.8 Å². The second kappa shape index (κ2) is 6.50. The molecule has 0 N–H and O–H groups in total. The minimum atomic E-state index is -3.89. The van der Waals surface area contributed by atoms with Gasteiger partial charge in [0.2, 0.25) is 0 Å². The van der Waals surface area contributed by atoms with Crippen LogP contribution < -0.4 is 0 Å². The number of rotatable bonds is 4. The normalized spacial score (nSPS) is 44.0. The molecule has 5 rings (SSSR count). The highest BCUT2D eigenvalue weighted by molar-refractivity contribution is 7.90. The number of nitrogens with zero attached hydrogens (tertiary/aromatic N) is 3. The highest BCUT2D eigenvalue weighted by atomic mass is 32.2. The Hall–Kier alpha value is -1.52. The van der Waals surface area contributed by atoms with Gasteiger partial charge in [-0.05, 0) is 109 Å². The van der Waals surface area contributed by atoms with Crippen molar-refractivity contribution in [2.24, 2.45) is 51.9 Å². The fourth-order valence-corrected chi connectivity index (χ4v) is 8.71. The third-order valence-electron chi connectivity index (χ3n) is 9.08. The molecule has 4 aliphatic rings. The first kappa shape index (κ1) is 18.5. The summed E-state index contributed by atoms with van der Waals surface area (Å²) in [7, 11) is -3.89. The van der Waals surface area contributed by atoms with Gasteiger partial charge in [0.25, 0.3) is 10.0 Å². The maximum Gasteiger partial charge on any atom is 0.264 e. The molecule has 0 saturated heterocycles. The molecule has 0 amide bonds. The van der Waals surface area contributed by atoms with Crippen LogP contribution in [0.2, 0.25) is 0 Å². The van der Waals surface area contributed by atoms with Gasteiger partial charge in [0.1, 0.15) is 0 Å². The van der Waals surface area contributed by atoms with E-state index in [1.54, 1.807) is 12.1 Å². The molecule has 0 aromatic heterocycles. The summed E-state index contributed by atoms with van der Waals surface area (Å²) in [6, 6.07) is 7.08. The zero-order chi connectivity index (χ0) is 19.6. The predicted octanol–water partition coefficient (Wildman–Crippen LogP) is 5.74. The topological polar surface area (TPSA) is 82.9 Å². The minimum Gasteiger partial charge on any atom is -0.216 e. The largest absolute Gasteiger partial charge is 0.264 e. The van der Waals surface area contributed by atoms with E-state index in [4.69, 9.17) is 5.53 Å². The molecule has 5 nitrogen and oxygen atoms in total. The van der Waals surface area contributed by atoms with Gasteiger partial charge in [-0.2, -0.15) is 0 Å². The number of azide groups is 1. The third kappa shape index (κ3) is 2.64. The van der Waals surface area contributed by atoms with Gasteiger partial charge in [-0.3, -0.25) is 0 Å². The van der Waals surface area contributed by atoms with Gasteiger partial charge in [0, 0.05) is 9.43 Å². The standard InChI is InChI=1S/C22H29N3O2S/c1-12-15-3-4-16(9-15)21(12)22-13(2)19-10-17(22)11-20(19)14-5-7-18(8-6-14)28(26,27)25-24-23/h5-8,12-13,15-17,19-22H,3-4,9-11H2,1-2H3. The van der Waals surface area contributed by atoms with Crippen LogP contribution in [-0.2, 0) is 10.0 Å². The molecular weight excluding hydrogens is 370 g/mol. The first-order chi connectivity index (χ1) is 13.4. The molecule has 0 heterocycles. The number of hydrogen-bond acceptors (Lipinski definition) is 2. The average molecular weight is 400 g/mol. The SMILES string of the molecule is CC1C2CCC(C2)C1C1C2CC(c3ccc(S(=O)(=O)N=[N+]=[N-])cc3)C(C2)C1C. The predicted molar refractivity (Wildman–Crippen MR) is 108 cm³/mol. The van der Waals surface area contributed by atoms with Crippen molar-refractivity contribution < 1.29 is 8.42 Å². The molecule has 1 aromatic rings. The zero-order valence-corrected chi connectivity index (χ0v) is 17.4. The lowest BCUT2D eigenvalue weighted by atomic mass is 9.62. The van der Waals surface area contributed by atoms with Crippen LogP contribution in [0.25, 0.3) is 10.4 Å². The van der Waals surface area contributed by atoms with Gasteiger partial charge in [-0.15, -0.1) is 0 Å². The van der Waals surface area contributed by atoms with Crippen molar-refractivity contribution in [3.63, 3.8) is 0 Å². The van der Waals surface area contributed by atoms with E-state index in [0.29, 0.717) is 5.92 Å². The molecular formula is C22H29N3O2S. The van der Waals surface area contributed by atoms with Gasteiger partial charge in [0.15, 0.2) is 0 Å². The van der Waals surface area contributed by atoms with Gasteiger partial charge >= 0.3 is 0 Å². The van der Waals surface area contributed by atoms with Crippen LogP contribution in [0.5, 0.6) is 0 Å². The van der Waals surface area contributed by atoms with Gasteiger partial charge in [-0.1, -0.05) is 26.0 Å². The highest BCUT2D eigenvalue weighted by Crippen LogP contribution is 2.66. The summed E-state index contributed by atoms with van der Waals surface area (Å²) in [6.07, 6.45) is 7.01. The summed E-state index contributed by atoms with van der Waals surface area (Å²) in [5, 5.41) is 0. The van der Waals surface area contributed by atoms with Crippen LogP contribution in [0.15, 0.2) is 33.7 Å². The van der Waals surface area contributed by atoms with Crippen molar-refractivity contribution >= 4 is 10.0 Å². The lowest BCUT2D eigenvalue weighted by Gasteiger charge is -2.43. The second-order valence-corrected chi connectivity index (χ2v) is 11.5. The van der Waals surface area contributed by atoms with E-state index < -0.39 is 10.0 Å². The van der Waals surface area contributed by atoms with E-state index in [9.17, 15) is 8.42 Å². The Morgan fingerprint density at radius 2 is 1.61 bits per heavy atom. The van der Waals surface area contributed by atoms with Crippen LogP contribution in [0.3, 0.4) is 0 Å². The van der Waals surface area contributed by atoms with Crippen molar-refractivity contribution in [3.8, 4) is 0 Å². The lowest BCUT2D eigenvalue weighted by molar-refractivity contribution is 0.0707. The molecule has 9 unspecified atom stereocenters. The monoisotopic (exact) mass is 399 g/mol. The molecule has 4 saturated carbocycles. The number of sulfonamides is 1. The molecule has 0 spiro atoms. The summed E-state index contributed by atoms with van der Waals surface area (Å²) < 4.78 is 26.8. The van der Waals surface area contributed by atoms with E-state index in [0.717, 1.165) is 47.3 Å². The Morgan fingerprint density at radius 1 is 0.929 bits per heavy atom. The number of hydrogen-bond donors (Lipinski definition) is 0. The molecule has 4 aliphatic carbocycles. The highest BCUT2D eigenvalue weighted by Gasteiger charge is 2.58. The third-order valence-corrected chi connectivity index (χ3v) is 10.2. The summed E-state index contributed by atoms with van der Waals surface area (Å²) in [5.41, 5.74) is 9.69. The Bertz CT molecular complexity index is 918. The Morgan fingerprint density at radius 3 is 2.21 bits per heavy atom. The molecule has 9 atom stereocenters. The zero-order valence-electron chi connectivity index (χ0n) is 16.6. The van der Waals surface area contributed by atoms with E-state index in [-0.39, 0.29) is 4.90 Å². The second-order valence-electron chi connectivity index (χ2n) is 9.92. The van der Waals surface area contributed by atoms with E-state index in [2.05, 4.69) is 23.3 Å². The first-order valence-electron chi connectivity index (χ1n) is 10.8. The van der Waals surface area contributed by atoms with Gasteiger partial charge in [0.05, 0.1) is 4.90 Å². The van der Waals surface area contributed by atoms with Gasteiger partial charge in [-0.25, -0.2) is 8.42 Å². The van der Waals surface area contributed by atoms with Crippen LogP contribution in [0, 0.1) is 47.3 Å². The van der Waals surface area contributed by atoms with Crippen molar-refractivity contribution in [2.75, 3.05) is 0 Å². The minimum absolute atomic E-state index is 0.0823. The van der Waals surface area contributed by atoms with E-state index in [1.165, 1.54) is 37.7 Å². The summed E-state index contributed by atoms with van der Waals surface area (Å²) in [5.74, 6) is 7.59. The number of benzene rings is 1. The van der Waals surface area contributed by atoms with Crippen LogP contribution in [-0.4, -0.2) is 8.42 Å². The van der Waals surface area contributed by atoms with Crippen LogP contribution in [0.1, 0.15) is 57.4 Å². The maximum atomic E-state index is 11.9. The van der Waals surface area contributed by atoms with Crippen molar-refractivity contribution in [1.82, 2.24) is 0 Å². The molecule has 0 aliphatic heterocycles. The fourth-order valence-electron chi connectivity index (χ4n) is 8.04. The average Bonchev–Trinajstić information content (AvgIpc) is 3.42. The number of fused-ring (bicyclic) bond motifs is 4. The molecule has 4 bridgehead atoms. The molecule has 0 radical (unpaired) electrons. The Labute approximate surface area is 167 Å². The lowest BCUT2D eigenvalue weighted by Crippen LogP contribution is -2.36. The summed E-state index contributed by atoms with van der Waals surface area (Å²) in [6.45, 7) is 5.01. The Kier molecular flexibility index (Phi) is 4.29. The van der Waals surface area contributed by atoms with Crippen LogP contribution in [0.4, 0.5) is 0 Å². The van der Waals surface area contributed by atoms with E-state index >= 15 is 0 Å². The van der Waals surface area contributed by atoms with Crippen LogP contribution >= 0.6 is 0 Å². The smallest absolute Gasteiger partial charge is 0.216 e. The molecule has 1 aromatic carbocycles. The van der Waals surface area contributed by atoms with E-state index in [1.807, 2.05) is 12.1 Å². The maximum absolute atomic E-state index is 11.9. The first-order valence-corrected chi connectivity index (χ1v) is 12.3. The molecule has 28 heavy (non-hydrogen) atoms. The Balaban J connectivity index is 1.35. The summed E-state index contributed by atoms with van der Waals surface area (Å²) >= 11 is 0. The van der Waals surface area contributed by atoms with Gasteiger partial charge < -0.3 is 0 Å². The molecule has 6 heteroatoms. The van der Waals surface area contributed by atoms with Crippen molar-refractivity contribution in [1.29, 1.82) is 0 Å². The quantitative estimate of drug-likeness (QED) is 0.367.